The van der Waals surface area contributed by atoms with E-state index in [9.17, 15) is 5.11 Å². The molecule has 100 valence electrons. The number of phenolic OH excluding ortho intramolecular Hbond substituents is 1. The number of ether oxygens (including phenoxy) is 1. The molecule has 0 saturated carbocycles. The number of hydrogen-bond donors (Lipinski definition) is 1. The van der Waals surface area contributed by atoms with Gasteiger partial charge in [0.2, 0.25) is 0 Å². The first-order valence-electron chi connectivity index (χ1n) is 6.80. The quantitative estimate of drug-likeness (QED) is 0.890. The van der Waals surface area contributed by atoms with Crippen molar-refractivity contribution in [2.45, 2.75) is 38.3 Å². The number of likely N-dealkylation sites (tertiary alicyclic amines) is 1. The summed E-state index contributed by atoms with van der Waals surface area (Å²) in [4.78, 5) is 2.53. The van der Waals surface area contributed by atoms with Crippen molar-refractivity contribution in [3.8, 4) is 5.75 Å². The topological polar surface area (TPSA) is 32.7 Å². The minimum absolute atomic E-state index is 0.340. The lowest BCUT2D eigenvalue weighted by atomic mass is 9.98. The van der Waals surface area contributed by atoms with E-state index in [4.69, 9.17) is 4.74 Å². The third kappa shape index (κ3) is 3.03. The van der Waals surface area contributed by atoms with Crippen LogP contribution in [0.5, 0.6) is 5.75 Å². The van der Waals surface area contributed by atoms with Crippen LogP contribution in [0.2, 0.25) is 0 Å². The summed E-state index contributed by atoms with van der Waals surface area (Å²) in [5.74, 6) is 0.340. The highest BCUT2D eigenvalue weighted by Crippen LogP contribution is 2.28. The summed E-state index contributed by atoms with van der Waals surface area (Å²) in [6.45, 7) is 4.41. The molecule has 1 aliphatic heterocycles. The third-order valence-corrected chi connectivity index (χ3v) is 3.92. The first kappa shape index (κ1) is 13.4. The zero-order chi connectivity index (χ0) is 13.0. The maximum absolute atomic E-state index is 9.36. The molecule has 1 aliphatic rings. The number of rotatable bonds is 4. The molecule has 3 nitrogen and oxygen atoms in total. The summed E-state index contributed by atoms with van der Waals surface area (Å²) in [5.41, 5.74) is 1.30. The van der Waals surface area contributed by atoms with Gasteiger partial charge in [0.1, 0.15) is 5.75 Å². The van der Waals surface area contributed by atoms with Crippen LogP contribution in [0.3, 0.4) is 0 Å². The van der Waals surface area contributed by atoms with E-state index in [0.29, 0.717) is 17.9 Å². The standard InChI is InChI=1S/C15H23NO2/c1-3-15(12-4-6-13(17)7-5-12)16-10-8-14(18-2)9-11-16/h4-7,14-15,17H,3,8-11H2,1-2H3. The second-order valence-corrected chi connectivity index (χ2v) is 4.99. The monoisotopic (exact) mass is 249 g/mol. The lowest BCUT2D eigenvalue weighted by molar-refractivity contribution is 0.0261. The molecule has 18 heavy (non-hydrogen) atoms. The van der Waals surface area contributed by atoms with Crippen molar-refractivity contribution in [1.82, 2.24) is 4.90 Å². The Bertz CT molecular complexity index is 355. The Morgan fingerprint density at radius 1 is 1.28 bits per heavy atom. The van der Waals surface area contributed by atoms with E-state index in [2.05, 4.69) is 11.8 Å². The molecule has 1 aromatic carbocycles. The summed E-state index contributed by atoms with van der Waals surface area (Å²) in [6, 6.07) is 8.08. The zero-order valence-electron chi connectivity index (χ0n) is 11.3. The van der Waals surface area contributed by atoms with Gasteiger partial charge in [0, 0.05) is 26.2 Å². The van der Waals surface area contributed by atoms with E-state index in [0.717, 1.165) is 32.4 Å². The fourth-order valence-corrected chi connectivity index (χ4v) is 2.82. The van der Waals surface area contributed by atoms with Gasteiger partial charge < -0.3 is 9.84 Å². The summed E-state index contributed by atoms with van der Waals surface area (Å²) in [6.07, 6.45) is 3.76. The molecular weight excluding hydrogens is 226 g/mol. The van der Waals surface area contributed by atoms with Gasteiger partial charge in [-0.05, 0) is 37.0 Å². The first-order chi connectivity index (χ1) is 8.74. The van der Waals surface area contributed by atoms with Gasteiger partial charge in [-0.3, -0.25) is 4.90 Å². The minimum Gasteiger partial charge on any atom is -0.508 e. The van der Waals surface area contributed by atoms with Crippen LogP contribution in [0, 0.1) is 0 Å². The Kier molecular flexibility index (Phi) is 4.61. The van der Waals surface area contributed by atoms with Crippen LogP contribution in [0.15, 0.2) is 24.3 Å². The van der Waals surface area contributed by atoms with Crippen LogP contribution in [0.4, 0.5) is 0 Å². The first-order valence-corrected chi connectivity index (χ1v) is 6.80. The molecule has 0 aliphatic carbocycles. The Morgan fingerprint density at radius 3 is 2.39 bits per heavy atom. The van der Waals surface area contributed by atoms with Gasteiger partial charge in [-0.25, -0.2) is 0 Å². The van der Waals surface area contributed by atoms with Crippen molar-refractivity contribution >= 4 is 0 Å². The van der Waals surface area contributed by atoms with Crippen molar-refractivity contribution in [1.29, 1.82) is 0 Å². The smallest absolute Gasteiger partial charge is 0.115 e. The summed E-state index contributed by atoms with van der Waals surface area (Å²) < 4.78 is 5.41. The van der Waals surface area contributed by atoms with Crippen LogP contribution >= 0.6 is 0 Å². The number of phenols is 1. The molecule has 1 aromatic rings. The molecule has 1 unspecified atom stereocenters. The van der Waals surface area contributed by atoms with Crippen molar-refractivity contribution < 1.29 is 9.84 Å². The summed E-state index contributed by atoms with van der Waals surface area (Å²) in [7, 11) is 1.80. The Balaban J connectivity index is 2.03. The van der Waals surface area contributed by atoms with Crippen molar-refractivity contribution in [3.05, 3.63) is 29.8 Å². The highest BCUT2D eigenvalue weighted by molar-refractivity contribution is 5.28. The van der Waals surface area contributed by atoms with Gasteiger partial charge in [-0.15, -0.1) is 0 Å². The molecule has 1 heterocycles. The van der Waals surface area contributed by atoms with Crippen LogP contribution in [-0.2, 0) is 4.74 Å². The van der Waals surface area contributed by atoms with E-state index in [-0.39, 0.29) is 0 Å². The molecule has 0 bridgehead atoms. The van der Waals surface area contributed by atoms with Gasteiger partial charge in [-0.2, -0.15) is 0 Å². The molecule has 1 N–H and O–H groups in total. The molecular formula is C15H23NO2. The maximum atomic E-state index is 9.36. The minimum atomic E-state index is 0.340. The zero-order valence-corrected chi connectivity index (χ0v) is 11.3. The second kappa shape index (κ2) is 6.21. The van der Waals surface area contributed by atoms with Gasteiger partial charge in [0.05, 0.1) is 6.10 Å². The highest BCUT2D eigenvalue weighted by atomic mass is 16.5. The van der Waals surface area contributed by atoms with Crippen molar-refractivity contribution in [3.63, 3.8) is 0 Å². The normalized spacial score (nSPS) is 19.9. The lowest BCUT2D eigenvalue weighted by Gasteiger charge is -2.37. The predicted octanol–water partition coefficient (Wildman–Crippen LogP) is 2.95. The maximum Gasteiger partial charge on any atom is 0.115 e. The molecule has 1 fully saturated rings. The van der Waals surface area contributed by atoms with Crippen LogP contribution in [0.25, 0.3) is 0 Å². The van der Waals surface area contributed by atoms with Crippen molar-refractivity contribution in [2.24, 2.45) is 0 Å². The number of hydrogen-bond acceptors (Lipinski definition) is 3. The Hall–Kier alpha value is -1.06. The molecule has 1 atom stereocenters. The fourth-order valence-electron chi connectivity index (χ4n) is 2.82. The second-order valence-electron chi connectivity index (χ2n) is 4.99. The van der Waals surface area contributed by atoms with E-state index < -0.39 is 0 Å². The third-order valence-electron chi connectivity index (χ3n) is 3.92. The van der Waals surface area contributed by atoms with Crippen molar-refractivity contribution in [2.75, 3.05) is 20.2 Å². The average molecular weight is 249 g/mol. The molecule has 0 aromatic heterocycles. The SMILES string of the molecule is CCC(c1ccc(O)cc1)N1CCC(OC)CC1. The van der Waals surface area contributed by atoms with E-state index >= 15 is 0 Å². The van der Waals surface area contributed by atoms with E-state index in [1.165, 1.54) is 5.56 Å². The predicted molar refractivity (Wildman–Crippen MR) is 72.7 cm³/mol. The average Bonchev–Trinajstić information content (AvgIpc) is 2.42. The molecule has 1 saturated heterocycles. The Labute approximate surface area is 109 Å². The van der Waals surface area contributed by atoms with Gasteiger partial charge in [0.25, 0.3) is 0 Å². The number of benzene rings is 1. The van der Waals surface area contributed by atoms with Gasteiger partial charge >= 0.3 is 0 Å². The molecule has 0 amide bonds. The largest absolute Gasteiger partial charge is 0.508 e. The summed E-state index contributed by atoms with van der Waals surface area (Å²) in [5, 5.41) is 9.36. The van der Waals surface area contributed by atoms with Crippen LogP contribution < -0.4 is 0 Å². The van der Waals surface area contributed by atoms with Gasteiger partial charge in [0.15, 0.2) is 0 Å². The van der Waals surface area contributed by atoms with Crippen LogP contribution in [-0.4, -0.2) is 36.3 Å². The molecule has 0 radical (unpaired) electrons. The van der Waals surface area contributed by atoms with Gasteiger partial charge in [-0.1, -0.05) is 19.1 Å². The number of methoxy groups -OCH3 is 1. The van der Waals surface area contributed by atoms with E-state index in [1.54, 1.807) is 19.2 Å². The molecule has 2 rings (SSSR count). The number of piperidine rings is 1. The fraction of sp³-hybridized carbons (Fsp3) is 0.600. The number of nitrogens with zero attached hydrogens (tertiary/aromatic N) is 1. The summed E-state index contributed by atoms with van der Waals surface area (Å²) >= 11 is 0. The highest BCUT2D eigenvalue weighted by Gasteiger charge is 2.24. The lowest BCUT2D eigenvalue weighted by Crippen LogP contribution is -2.38. The van der Waals surface area contributed by atoms with Crippen LogP contribution in [0.1, 0.15) is 37.8 Å². The van der Waals surface area contributed by atoms with E-state index in [1.807, 2.05) is 12.1 Å². The molecule has 3 heteroatoms. The number of aromatic hydroxyl groups is 1. The Morgan fingerprint density at radius 2 is 1.89 bits per heavy atom. The molecule has 0 spiro atoms.